The second-order valence-electron chi connectivity index (χ2n) is 8.78. The van der Waals surface area contributed by atoms with Crippen LogP contribution in [0.1, 0.15) is 10.4 Å². The normalized spacial score (nSPS) is 14.3. The van der Waals surface area contributed by atoms with Crippen molar-refractivity contribution in [1.29, 1.82) is 0 Å². The molecule has 1 N–H and O–H groups in total. The average molecular weight is 453 g/mol. The van der Waals surface area contributed by atoms with E-state index in [4.69, 9.17) is 0 Å². The summed E-state index contributed by atoms with van der Waals surface area (Å²) in [5.74, 6) is -0.0898. The Bertz CT molecular complexity index is 1360. The van der Waals surface area contributed by atoms with Crippen molar-refractivity contribution >= 4 is 33.7 Å². The number of fused-ring (bicyclic) bond motifs is 1. The highest BCUT2D eigenvalue weighted by atomic mass is 16.1. The number of nitrogens with zero attached hydrogens (tertiary/aromatic N) is 3. The number of aromatic nitrogens is 1. The minimum atomic E-state index is -0.189. The molecule has 0 spiro atoms. The summed E-state index contributed by atoms with van der Waals surface area (Å²) < 4.78 is 1.55. The molecule has 1 fully saturated rings. The molecule has 5 rings (SSSR count). The molecule has 0 saturated carbocycles. The number of Topliss-reactive ketones (excluding diaryl/α,β-unsaturated/α-hetero) is 1. The second kappa shape index (κ2) is 9.53. The number of rotatable bonds is 6. The summed E-state index contributed by atoms with van der Waals surface area (Å²) in [5, 5.41) is 4.35. The van der Waals surface area contributed by atoms with Crippen molar-refractivity contribution in [2.45, 2.75) is 6.54 Å². The van der Waals surface area contributed by atoms with Crippen LogP contribution in [-0.4, -0.2) is 48.5 Å². The summed E-state index contributed by atoms with van der Waals surface area (Å²) >= 11 is 0. The molecule has 6 heteroatoms. The number of carbonyl (C=O) groups excluding carboxylic acids is 1. The summed E-state index contributed by atoms with van der Waals surface area (Å²) in [6, 6.07) is 26.7. The maximum atomic E-state index is 12.8. The summed E-state index contributed by atoms with van der Waals surface area (Å²) in [7, 11) is 2.16. The van der Waals surface area contributed by atoms with E-state index >= 15 is 0 Å². The summed E-state index contributed by atoms with van der Waals surface area (Å²) in [4.78, 5) is 30.2. The van der Waals surface area contributed by atoms with Crippen LogP contribution in [0.4, 0.5) is 17.1 Å². The Balaban J connectivity index is 1.38. The summed E-state index contributed by atoms with van der Waals surface area (Å²) in [6.07, 6.45) is 0. The molecule has 172 valence electrons. The average Bonchev–Trinajstić information content (AvgIpc) is 2.87. The van der Waals surface area contributed by atoms with Crippen LogP contribution in [0.3, 0.4) is 0 Å². The van der Waals surface area contributed by atoms with Gasteiger partial charge in [-0.1, -0.05) is 36.4 Å². The maximum Gasteiger partial charge on any atom is 0.251 e. The molecular weight excluding hydrogens is 424 g/mol. The molecule has 0 amide bonds. The number of carbonyl (C=O) groups is 1. The number of pyridine rings is 1. The van der Waals surface area contributed by atoms with Gasteiger partial charge in [0.25, 0.3) is 5.56 Å². The largest absolute Gasteiger partial charge is 0.369 e. The number of likely N-dealkylation sites (N-methyl/N-ethyl adjacent to an activating group) is 1. The highest BCUT2D eigenvalue weighted by Crippen LogP contribution is 2.24. The van der Waals surface area contributed by atoms with Crippen molar-refractivity contribution in [1.82, 2.24) is 9.47 Å². The van der Waals surface area contributed by atoms with Crippen LogP contribution in [0.25, 0.3) is 10.9 Å². The SMILES string of the molecule is CN1CCN(c2ccc(Nc3ccc4ccc(=O)n(CC(=O)c5ccccc5)c4c3)cc2)CC1. The van der Waals surface area contributed by atoms with Gasteiger partial charge in [0.2, 0.25) is 0 Å². The van der Waals surface area contributed by atoms with Crippen molar-refractivity contribution in [3.63, 3.8) is 0 Å². The number of piperazine rings is 1. The van der Waals surface area contributed by atoms with Crippen molar-refractivity contribution in [3.05, 3.63) is 101 Å². The van der Waals surface area contributed by atoms with Crippen LogP contribution in [0.5, 0.6) is 0 Å². The monoisotopic (exact) mass is 452 g/mol. The highest BCUT2D eigenvalue weighted by molar-refractivity contribution is 5.96. The summed E-state index contributed by atoms with van der Waals surface area (Å²) in [5.41, 5.74) is 4.21. The first-order valence-electron chi connectivity index (χ1n) is 11.6. The predicted octanol–water partition coefficient (Wildman–Crippen LogP) is 4.38. The van der Waals surface area contributed by atoms with Gasteiger partial charge in [-0.25, -0.2) is 0 Å². The fourth-order valence-electron chi connectivity index (χ4n) is 4.37. The number of hydrogen-bond donors (Lipinski definition) is 1. The lowest BCUT2D eigenvalue weighted by atomic mass is 10.1. The molecule has 0 unspecified atom stereocenters. The highest BCUT2D eigenvalue weighted by Gasteiger charge is 2.14. The van der Waals surface area contributed by atoms with Crippen LogP contribution in [0.15, 0.2) is 89.7 Å². The van der Waals surface area contributed by atoms with Crippen LogP contribution in [0.2, 0.25) is 0 Å². The number of nitrogens with one attached hydrogen (secondary N) is 1. The molecule has 0 atom stereocenters. The Labute approximate surface area is 199 Å². The Morgan fingerprint density at radius 1 is 0.824 bits per heavy atom. The van der Waals surface area contributed by atoms with Crippen LogP contribution in [0, 0.1) is 0 Å². The molecule has 1 saturated heterocycles. The third-order valence-corrected chi connectivity index (χ3v) is 6.41. The van der Waals surface area contributed by atoms with E-state index in [0.717, 1.165) is 48.5 Å². The van der Waals surface area contributed by atoms with E-state index in [1.165, 1.54) is 11.8 Å². The maximum absolute atomic E-state index is 12.8. The molecule has 1 aromatic heterocycles. The van der Waals surface area contributed by atoms with Crippen molar-refractivity contribution in [2.24, 2.45) is 0 Å². The zero-order valence-electron chi connectivity index (χ0n) is 19.3. The van der Waals surface area contributed by atoms with Gasteiger partial charge in [0, 0.05) is 54.9 Å². The zero-order valence-corrected chi connectivity index (χ0v) is 19.3. The molecule has 2 heterocycles. The summed E-state index contributed by atoms with van der Waals surface area (Å²) in [6.45, 7) is 4.22. The third kappa shape index (κ3) is 4.72. The standard InChI is InChI=1S/C28H28N4O2/c1-30-15-17-31(18-16-30)25-12-10-23(11-13-25)29-24-9-7-21-8-14-28(34)32(26(21)19-24)20-27(33)22-5-3-2-4-6-22/h2-14,19,29H,15-18,20H2,1H3. The Morgan fingerprint density at radius 2 is 1.50 bits per heavy atom. The van der Waals surface area contributed by atoms with Crippen molar-refractivity contribution in [3.8, 4) is 0 Å². The van der Waals surface area contributed by atoms with E-state index in [1.807, 2.05) is 36.4 Å². The fraction of sp³-hybridized carbons (Fsp3) is 0.214. The van der Waals surface area contributed by atoms with E-state index in [1.54, 1.807) is 22.8 Å². The zero-order chi connectivity index (χ0) is 23.5. The van der Waals surface area contributed by atoms with Crippen molar-refractivity contribution < 1.29 is 4.79 Å². The smallest absolute Gasteiger partial charge is 0.251 e. The van der Waals surface area contributed by atoms with Gasteiger partial charge in [0.1, 0.15) is 0 Å². The van der Waals surface area contributed by atoms with Gasteiger partial charge in [0.05, 0.1) is 12.1 Å². The molecule has 1 aliphatic rings. The van der Waals surface area contributed by atoms with Gasteiger partial charge in [-0.05, 0) is 54.9 Å². The van der Waals surface area contributed by atoms with Gasteiger partial charge < -0.3 is 19.7 Å². The number of benzene rings is 3. The minimum absolute atomic E-state index is 0.00333. The van der Waals surface area contributed by atoms with Gasteiger partial charge in [-0.3, -0.25) is 9.59 Å². The molecule has 0 bridgehead atoms. The Morgan fingerprint density at radius 3 is 2.24 bits per heavy atom. The molecule has 6 nitrogen and oxygen atoms in total. The number of hydrogen-bond acceptors (Lipinski definition) is 5. The van der Waals surface area contributed by atoms with E-state index in [0.29, 0.717) is 5.56 Å². The fourth-order valence-corrected chi connectivity index (χ4v) is 4.37. The van der Waals surface area contributed by atoms with Gasteiger partial charge in [-0.15, -0.1) is 0 Å². The van der Waals surface area contributed by atoms with E-state index < -0.39 is 0 Å². The molecule has 0 aliphatic carbocycles. The molecule has 34 heavy (non-hydrogen) atoms. The lowest BCUT2D eigenvalue weighted by Gasteiger charge is -2.34. The minimum Gasteiger partial charge on any atom is -0.369 e. The Kier molecular flexibility index (Phi) is 6.14. The van der Waals surface area contributed by atoms with E-state index in [9.17, 15) is 9.59 Å². The van der Waals surface area contributed by atoms with E-state index in [-0.39, 0.29) is 17.9 Å². The molecule has 0 radical (unpaired) electrons. The first-order chi connectivity index (χ1) is 16.6. The lowest BCUT2D eigenvalue weighted by molar-refractivity contribution is 0.0972. The first-order valence-corrected chi connectivity index (χ1v) is 11.6. The second-order valence-corrected chi connectivity index (χ2v) is 8.78. The third-order valence-electron chi connectivity index (χ3n) is 6.41. The van der Waals surface area contributed by atoms with Gasteiger partial charge in [0.15, 0.2) is 5.78 Å². The van der Waals surface area contributed by atoms with Crippen LogP contribution >= 0.6 is 0 Å². The van der Waals surface area contributed by atoms with Gasteiger partial charge in [-0.2, -0.15) is 0 Å². The Hall–Kier alpha value is -3.90. The van der Waals surface area contributed by atoms with Crippen LogP contribution < -0.4 is 15.8 Å². The predicted molar refractivity (Wildman–Crippen MR) is 138 cm³/mol. The molecular formula is C28H28N4O2. The number of ketones is 1. The quantitative estimate of drug-likeness (QED) is 0.440. The lowest BCUT2D eigenvalue weighted by Crippen LogP contribution is -2.44. The molecule has 3 aromatic carbocycles. The van der Waals surface area contributed by atoms with Gasteiger partial charge >= 0.3 is 0 Å². The number of anilines is 3. The molecule has 4 aromatic rings. The van der Waals surface area contributed by atoms with Crippen molar-refractivity contribution in [2.75, 3.05) is 43.4 Å². The van der Waals surface area contributed by atoms with E-state index in [2.05, 4.69) is 46.4 Å². The molecule has 1 aliphatic heterocycles. The topological polar surface area (TPSA) is 57.6 Å². The first kappa shape index (κ1) is 21.9. The van der Waals surface area contributed by atoms with Crippen LogP contribution in [-0.2, 0) is 6.54 Å².